The van der Waals surface area contributed by atoms with Crippen LogP contribution in [0.1, 0.15) is 30.1 Å². The van der Waals surface area contributed by atoms with Crippen molar-refractivity contribution < 1.29 is 9.53 Å². The standard InChI is InChI=1S/C19H25N5O2/c1-2-3-8-20-18(25)15-13-21-19(22-14-15)23-16-6-4-5-7-17(16)24-9-11-26-12-10-24/h4-7,13-14H,2-3,8-12H2,1H3,(H,20,25)(H,21,22,23). The lowest BCUT2D eigenvalue weighted by Crippen LogP contribution is -2.36. The molecule has 2 aromatic rings. The lowest BCUT2D eigenvalue weighted by atomic mass is 10.2. The van der Waals surface area contributed by atoms with E-state index in [1.807, 2.05) is 18.2 Å². The van der Waals surface area contributed by atoms with E-state index >= 15 is 0 Å². The number of unbranched alkanes of at least 4 members (excludes halogenated alkanes) is 1. The molecule has 1 aromatic carbocycles. The minimum Gasteiger partial charge on any atom is -0.378 e. The Labute approximate surface area is 153 Å². The number of amides is 1. The zero-order valence-corrected chi connectivity index (χ0v) is 15.1. The topological polar surface area (TPSA) is 79.4 Å². The van der Waals surface area contributed by atoms with Crippen LogP contribution in [0, 0.1) is 0 Å². The summed E-state index contributed by atoms with van der Waals surface area (Å²) in [5.41, 5.74) is 2.50. The molecular formula is C19H25N5O2. The first-order chi connectivity index (χ1) is 12.8. The number of nitrogens with one attached hydrogen (secondary N) is 2. The van der Waals surface area contributed by atoms with Crippen molar-refractivity contribution >= 4 is 23.2 Å². The Morgan fingerprint density at radius 2 is 1.92 bits per heavy atom. The molecule has 0 atom stereocenters. The van der Waals surface area contributed by atoms with Gasteiger partial charge in [-0.3, -0.25) is 4.79 Å². The molecule has 0 saturated carbocycles. The molecule has 7 nitrogen and oxygen atoms in total. The second kappa shape index (κ2) is 9.15. The molecular weight excluding hydrogens is 330 g/mol. The van der Waals surface area contributed by atoms with E-state index in [2.05, 4.69) is 38.5 Å². The van der Waals surface area contributed by atoms with Gasteiger partial charge in [0.05, 0.1) is 30.2 Å². The van der Waals surface area contributed by atoms with Crippen LogP contribution in [-0.4, -0.2) is 48.7 Å². The fourth-order valence-electron chi connectivity index (χ4n) is 2.77. The van der Waals surface area contributed by atoms with Crippen LogP contribution < -0.4 is 15.5 Å². The number of benzene rings is 1. The zero-order chi connectivity index (χ0) is 18.2. The predicted molar refractivity (Wildman–Crippen MR) is 102 cm³/mol. The Balaban J connectivity index is 1.67. The van der Waals surface area contributed by atoms with E-state index in [4.69, 9.17) is 4.74 Å². The lowest BCUT2D eigenvalue weighted by molar-refractivity contribution is 0.0952. The Morgan fingerprint density at radius 1 is 1.19 bits per heavy atom. The van der Waals surface area contributed by atoms with E-state index in [0.717, 1.165) is 50.5 Å². The molecule has 3 rings (SSSR count). The average Bonchev–Trinajstić information content (AvgIpc) is 2.70. The summed E-state index contributed by atoms with van der Waals surface area (Å²) in [7, 11) is 0. The molecule has 0 unspecified atom stereocenters. The number of nitrogens with zero attached hydrogens (tertiary/aromatic N) is 3. The maximum Gasteiger partial charge on any atom is 0.254 e. The number of aromatic nitrogens is 2. The fourth-order valence-corrected chi connectivity index (χ4v) is 2.77. The maximum absolute atomic E-state index is 12.0. The van der Waals surface area contributed by atoms with Gasteiger partial charge in [0.15, 0.2) is 0 Å². The van der Waals surface area contributed by atoms with E-state index < -0.39 is 0 Å². The minimum atomic E-state index is -0.140. The largest absolute Gasteiger partial charge is 0.378 e. The number of carbonyl (C=O) groups is 1. The summed E-state index contributed by atoms with van der Waals surface area (Å²) in [5, 5.41) is 6.12. The molecule has 2 heterocycles. The number of anilines is 3. The van der Waals surface area contributed by atoms with Gasteiger partial charge in [-0.1, -0.05) is 25.5 Å². The summed E-state index contributed by atoms with van der Waals surface area (Å²) >= 11 is 0. The first-order valence-corrected chi connectivity index (χ1v) is 9.07. The van der Waals surface area contributed by atoms with Gasteiger partial charge >= 0.3 is 0 Å². The Bertz CT molecular complexity index is 714. The van der Waals surface area contributed by atoms with Crippen LogP contribution in [0.3, 0.4) is 0 Å². The third-order valence-corrected chi connectivity index (χ3v) is 4.23. The average molecular weight is 355 g/mol. The predicted octanol–water partition coefficient (Wildman–Crippen LogP) is 2.59. The molecule has 0 radical (unpaired) electrons. The molecule has 1 aromatic heterocycles. The van der Waals surface area contributed by atoms with Gasteiger partial charge in [-0.25, -0.2) is 9.97 Å². The molecule has 1 fully saturated rings. The molecule has 1 aliphatic heterocycles. The van der Waals surface area contributed by atoms with Crippen LogP contribution in [0.25, 0.3) is 0 Å². The van der Waals surface area contributed by atoms with E-state index in [0.29, 0.717) is 18.1 Å². The molecule has 1 amide bonds. The summed E-state index contributed by atoms with van der Waals surface area (Å²) in [5.74, 6) is 0.328. The monoisotopic (exact) mass is 355 g/mol. The highest BCUT2D eigenvalue weighted by Gasteiger charge is 2.15. The Hall–Kier alpha value is -2.67. The smallest absolute Gasteiger partial charge is 0.254 e. The van der Waals surface area contributed by atoms with Crippen LogP contribution in [0.5, 0.6) is 0 Å². The molecule has 26 heavy (non-hydrogen) atoms. The minimum absolute atomic E-state index is 0.140. The first kappa shape index (κ1) is 18.1. The molecule has 138 valence electrons. The number of hydrogen-bond acceptors (Lipinski definition) is 6. The molecule has 0 aliphatic carbocycles. The molecule has 0 spiro atoms. The van der Waals surface area contributed by atoms with Gasteiger partial charge in [-0.05, 0) is 18.6 Å². The van der Waals surface area contributed by atoms with Gasteiger partial charge in [0.1, 0.15) is 0 Å². The van der Waals surface area contributed by atoms with Gasteiger partial charge in [0.25, 0.3) is 5.91 Å². The highest BCUT2D eigenvalue weighted by molar-refractivity contribution is 5.93. The summed E-state index contributed by atoms with van der Waals surface area (Å²) in [6.45, 7) is 5.93. The van der Waals surface area contributed by atoms with Crippen molar-refractivity contribution in [2.24, 2.45) is 0 Å². The fraction of sp³-hybridized carbons (Fsp3) is 0.421. The normalized spacial score (nSPS) is 14.1. The van der Waals surface area contributed by atoms with Crippen molar-refractivity contribution in [2.45, 2.75) is 19.8 Å². The lowest BCUT2D eigenvalue weighted by Gasteiger charge is -2.30. The van der Waals surface area contributed by atoms with E-state index in [1.165, 1.54) is 0 Å². The van der Waals surface area contributed by atoms with Crippen molar-refractivity contribution in [1.82, 2.24) is 15.3 Å². The summed E-state index contributed by atoms with van der Waals surface area (Å²) in [4.78, 5) is 22.9. The van der Waals surface area contributed by atoms with E-state index in [9.17, 15) is 4.79 Å². The molecule has 1 saturated heterocycles. The SMILES string of the molecule is CCCCNC(=O)c1cnc(Nc2ccccc2N2CCOCC2)nc1. The quantitative estimate of drug-likeness (QED) is 0.743. The third kappa shape index (κ3) is 4.70. The van der Waals surface area contributed by atoms with Crippen LogP contribution in [-0.2, 0) is 4.74 Å². The molecule has 7 heteroatoms. The third-order valence-electron chi connectivity index (χ3n) is 4.23. The van der Waals surface area contributed by atoms with Crippen molar-refractivity contribution in [2.75, 3.05) is 43.1 Å². The summed E-state index contributed by atoms with van der Waals surface area (Å²) in [6.07, 6.45) is 5.11. The number of hydrogen-bond donors (Lipinski definition) is 2. The zero-order valence-electron chi connectivity index (χ0n) is 15.1. The molecule has 2 N–H and O–H groups in total. The summed E-state index contributed by atoms with van der Waals surface area (Å²) < 4.78 is 5.43. The summed E-state index contributed by atoms with van der Waals surface area (Å²) in [6, 6.07) is 8.06. The number of rotatable bonds is 7. The van der Waals surface area contributed by atoms with Crippen LogP contribution in [0.2, 0.25) is 0 Å². The van der Waals surface area contributed by atoms with Gasteiger partial charge in [-0.15, -0.1) is 0 Å². The van der Waals surface area contributed by atoms with Crippen LogP contribution in [0.15, 0.2) is 36.7 Å². The van der Waals surface area contributed by atoms with Crippen molar-refractivity contribution in [3.05, 3.63) is 42.2 Å². The second-order valence-electron chi connectivity index (χ2n) is 6.15. The van der Waals surface area contributed by atoms with Crippen LogP contribution >= 0.6 is 0 Å². The van der Waals surface area contributed by atoms with Crippen molar-refractivity contribution in [3.8, 4) is 0 Å². The molecule has 0 bridgehead atoms. The number of ether oxygens (including phenoxy) is 1. The van der Waals surface area contributed by atoms with E-state index in [-0.39, 0.29) is 5.91 Å². The van der Waals surface area contributed by atoms with Gasteiger partial charge in [0.2, 0.25) is 5.95 Å². The highest BCUT2D eigenvalue weighted by atomic mass is 16.5. The molecule has 1 aliphatic rings. The number of carbonyl (C=O) groups excluding carboxylic acids is 1. The van der Waals surface area contributed by atoms with Crippen LogP contribution in [0.4, 0.5) is 17.3 Å². The van der Waals surface area contributed by atoms with Crippen molar-refractivity contribution in [3.63, 3.8) is 0 Å². The van der Waals surface area contributed by atoms with Gasteiger partial charge in [0, 0.05) is 32.0 Å². The number of morpholine rings is 1. The second-order valence-corrected chi connectivity index (χ2v) is 6.15. The Morgan fingerprint density at radius 3 is 2.65 bits per heavy atom. The Kier molecular flexibility index (Phi) is 6.38. The number of para-hydroxylation sites is 2. The first-order valence-electron chi connectivity index (χ1n) is 9.07. The van der Waals surface area contributed by atoms with Crippen molar-refractivity contribution in [1.29, 1.82) is 0 Å². The van der Waals surface area contributed by atoms with Gasteiger partial charge < -0.3 is 20.3 Å². The maximum atomic E-state index is 12.0. The highest BCUT2D eigenvalue weighted by Crippen LogP contribution is 2.28. The van der Waals surface area contributed by atoms with Gasteiger partial charge in [-0.2, -0.15) is 0 Å². The van der Waals surface area contributed by atoms with E-state index in [1.54, 1.807) is 12.4 Å².